The van der Waals surface area contributed by atoms with E-state index < -0.39 is 11.2 Å². The van der Waals surface area contributed by atoms with E-state index in [4.69, 9.17) is 9.47 Å². The summed E-state index contributed by atoms with van der Waals surface area (Å²) in [7, 11) is 0. The Labute approximate surface area is 146 Å². The van der Waals surface area contributed by atoms with Gasteiger partial charge in [0.2, 0.25) is 0 Å². The van der Waals surface area contributed by atoms with Gasteiger partial charge in [0.05, 0.1) is 0 Å². The van der Waals surface area contributed by atoms with Crippen LogP contribution in [-0.2, 0) is 15.1 Å². The Morgan fingerprint density at radius 1 is 1.46 bits per heavy atom. The maximum Gasteiger partial charge on any atom is 0.410 e. The summed E-state index contributed by atoms with van der Waals surface area (Å²) < 4.78 is 11.5. The number of fused-ring (bicyclic) bond motifs is 2. The Bertz CT molecular complexity index is 675. The molecule has 6 heteroatoms. The molecule has 0 N–H and O–H groups in total. The van der Waals surface area contributed by atoms with E-state index >= 15 is 0 Å². The highest BCUT2D eigenvalue weighted by Crippen LogP contribution is 2.46. The molecule has 1 aromatic heterocycles. The molecule has 0 unspecified atom stereocenters. The number of amides is 1. The van der Waals surface area contributed by atoms with Crippen LogP contribution in [0.4, 0.5) is 4.79 Å². The third-order valence-corrected chi connectivity index (χ3v) is 5.83. The van der Waals surface area contributed by atoms with Crippen LogP contribution in [0.5, 0.6) is 0 Å². The molecule has 2 atom stereocenters. The number of carbonyl (C=O) groups excluding carboxylic acids is 2. The Morgan fingerprint density at radius 2 is 2.17 bits per heavy atom. The van der Waals surface area contributed by atoms with Gasteiger partial charge in [-0.2, -0.15) is 0 Å². The van der Waals surface area contributed by atoms with Crippen molar-refractivity contribution in [1.29, 1.82) is 0 Å². The number of piperidine rings is 1. The number of ketones is 1. The molecule has 0 saturated carbocycles. The third kappa shape index (κ3) is 3.09. The first kappa shape index (κ1) is 17.4. The van der Waals surface area contributed by atoms with Crippen molar-refractivity contribution >= 4 is 23.2 Å². The number of likely N-dealkylation sites (tertiary alicyclic amines) is 1. The van der Waals surface area contributed by atoms with Gasteiger partial charge in [-0.25, -0.2) is 4.79 Å². The molecule has 2 aliphatic rings. The van der Waals surface area contributed by atoms with Crippen molar-refractivity contribution in [2.45, 2.75) is 64.7 Å². The third-order valence-electron chi connectivity index (χ3n) is 4.59. The lowest BCUT2D eigenvalue weighted by atomic mass is 9.82. The van der Waals surface area contributed by atoms with Crippen LogP contribution in [0.25, 0.3) is 0 Å². The lowest BCUT2D eigenvalue weighted by Crippen LogP contribution is -2.53. The number of rotatable bonds is 0. The second-order valence-electron chi connectivity index (χ2n) is 7.78. The first-order valence-corrected chi connectivity index (χ1v) is 9.21. The number of aryl methyl sites for hydroxylation is 1. The summed E-state index contributed by atoms with van der Waals surface area (Å²) in [6.45, 7) is 10.4. The largest absolute Gasteiger partial charge is 0.444 e. The second kappa shape index (κ2) is 5.85. The van der Waals surface area contributed by atoms with Gasteiger partial charge in [0.1, 0.15) is 17.8 Å². The number of carbonyl (C=O) groups is 2. The van der Waals surface area contributed by atoms with Crippen molar-refractivity contribution in [2.75, 3.05) is 13.2 Å². The van der Waals surface area contributed by atoms with Crippen LogP contribution >= 0.6 is 11.3 Å². The number of hydrogen-bond acceptors (Lipinski definition) is 5. The van der Waals surface area contributed by atoms with Crippen LogP contribution < -0.4 is 0 Å². The second-order valence-corrected chi connectivity index (χ2v) is 9.04. The van der Waals surface area contributed by atoms with Gasteiger partial charge in [0, 0.05) is 34.3 Å². The van der Waals surface area contributed by atoms with Crippen molar-refractivity contribution in [1.82, 2.24) is 4.90 Å². The van der Waals surface area contributed by atoms with Gasteiger partial charge in [0.25, 0.3) is 0 Å². The van der Waals surface area contributed by atoms with Gasteiger partial charge in [-0.3, -0.25) is 4.79 Å². The first-order chi connectivity index (χ1) is 11.1. The highest BCUT2D eigenvalue weighted by molar-refractivity contribution is 7.12. The van der Waals surface area contributed by atoms with E-state index in [9.17, 15) is 9.59 Å². The average Bonchev–Trinajstić information content (AvgIpc) is 2.85. The molecule has 1 amide bonds. The first-order valence-electron chi connectivity index (χ1n) is 8.39. The number of hydrogen-bond donors (Lipinski definition) is 0. The SMILES string of the molecule is Cc1cc2c(s1)[C@]1(CCN(C(=O)OC(C)(C)C)[C@@H](C)C1)OCC2=O. The summed E-state index contributed by atoms with van der Waals surface area (Å²) in [4.78, 5) is 28.5. The van der Waals surface area contributed by atoms with Crippen molar-refractivity contribution in [3.63, 3.8) is 0 Å². The van der Waals surface area contributed by atoms with E-state index in [1.54, 1.807) is 16.2 Å². The Morgan fingerprint density at radius 3 is 2.79 bits per heavy atom. The van der Waals surface area contributed by atoms with E-state index in [0.717, 1.165) is 15.3 Å². The molecule has 0 radical (unpaired) electrons. The Kier molecular flexibility index (Phi) is 4.24. The van der Waals surface area contributed by atoms with E-state index in [-0.39, 0.29) is 24.5 Å². The Balaban J connectivity index is 1.82. The number of Topliss-reactive ketones (excluding diaryl/α,β-unsaturated/α-hetero) is 1. The van der Waals surface area contributed by atoms with E-state index in [0.29, 0.717) is 19.4 Å². The van der Waals surface area contributed by atoms with Crippen molar-refractivity contribution in [2.24, 2.45) is 0 Å². The van der Waals surface area contributed by atoms with Crippen LogP contribution in [0.2, 0.25) is 0 Å². The molecule has 1 spiro atoms. The minimum Gasteiger partial charge on any atom is -0.444 e. The molecule has 1 saturated heterocycles. The van der Waals surface area contributed by atoms with Crippen LogP contribution in [0, 0.1) is 6.92 Å². The predicted molar refractivity (Wildman–Crippen MR) is 92.7 cm³/mol. The molecule has 3 rings (SSSR count). The maximum atomic E-state index is 12.4. The van der Waals surface area contributed by atoms with Gasteiger partial charge in [-0.1, -0.05) is 0 Å². The van der Waals surface area contributed by atoms with Crippen LogP contribution in [0.15, 0.2) is 6.07 Å². The maximum absolute atomic E-state index is 12.4. The fraction of sp³-hybridized carbons (Fsp3) is 0.667. The highest BCUT2D eigenvalue weighted by atomic mass is 32.1. The molecular formula is C18H25NO4S. The quantitative estimate of drug-likeness (QED) is 0.712. The molecule has 2 aliphatic heterocycles. The van der Waals surface area contributed by atoms with Crippen molar-refractivity contribution < 1.29 is 19.1 Å². The van der Waals surface area contributed by atoms with Gasteiger partial charge >= 0.3 is 6.09 Å². The molecule has 0 aromatic carbocycles. The summed E-state index contributed by atoms with van der Waals surface area (Å²) in [5.41, 5.74) is -0.139. The summed E-state index contributed by atoms with van der Waals surface area (Å²) >= 11 is 1.64. The zero-order valence-corrected chi connectivity index (χ0v) is 15.8. The number of thiophene rings is 1. The van der Waals surface area contributed by atoms with Crippen LogP contribution in [-0.4, -0.2) is 41.6 Å². The lowest BCUT2D eigenvalue weighted by molar-refractivity contribution is -0.0981. The number of ether oxygens (including phenoxy) is 2. The highest BCUT2D eigenvalue weighted by Gasteiger charge is 2.48. The van der Waals surface area contributed by atoms with Gasteiger partial charge in [0.15, 0.2) is 5.78 Å². The molecule has 132 valence electrons. The van der Waals surface area contributed by atoms with E-state index in [2.05, 4.69) is 0 Å². The fourth-order valence-electron chi connectivity index (χ4n) is 3.55. The minimum atomic E-state index is -0.502. The van der Waals surface area contributed by atoms with Crippen LogP contribution in [0.3, 0.4) is 0 Å². The molecule has 1 aromatic rings. The zero-order chi connectivity index (χ0) is 17.7. The topological polar surface area (TPSA) is 55.8 Å². The predicted octanol–water partition coefficient (Wildman–Crippen LogP) is 3.88. The van der Waals surface area contributed by atoms with Gasteiger partial charge in [-0.15, -0.1) is 11.3 Å². The summed E-state index contributed by atoms with van der Waals surface area (Å²) in [5.74, 6) is 0.0576. The summed E-state index contributed by atoms with van der Waals surface area (Å²) in [6, 6.07) is 1.97. The molecule has 0 aliphatic carbocycles. The molecule has 1 fully saturated rings. The monoisotopic (exact) mass is 351 g/mol. The van der Waals surface area contributed by atoms with Gasteiger partial charge in [-0.05, 0) is 47.1 Å². The molecular weight excluding hydrogens is 326 g/mol. The molecule has 0 bridgehead atoms. The van der Waals surface area contributed by atoms with Crippen molar-refractivity contribution in [3.05, 3.63) is 21.4 Å². The standard InChI is InChI=1S/C18H25NO4S/c1-11-9-18(6-7-19(11)16(21)23-17(3,4)5)15-13(8-12(2)24-15)14(20)10-22-18/h8,11H,6-7,9-10H2,1-5H3/t11-,18+/m0/s1. The zero-order valence-electron chi connectivity index (χ0n) is 15.0. The fourth-order valence-corrected chi connectivity index (χ4v) is 4.76. The average molecular weight is 351 g/mol. The van der Waals surface area contributed by atoms with E-state index in [1.165, 1.54) is 0 Å². The molecule has 5 nitrogen and oxygen atoms in total. The molecule has 3 heterocycles. The molecule has 24 heavy (non-hydrogen) atoms. The summed E-state index contributed by atoms with van der Waals surface area (Å²) in [6.07, 6.45) is 1.10. The van der Waals surface area contributed by atoms with Crippen molar-refractivity contribution in [3.8, 4) is 0 Å². The minimum absolute atomic E-state index is 0.00272. The Hall–Kier alpha value is -1.40. The smallest absolute Gasteiger partial charge is 0.410 e. The lowest BCUT2D eigenvalue weighted by Gasteiger charge is -2.46. The normalized spacial score (nSPS) is 27.3. The van der Waals surface area contributed by atoms with E-state index in [1.807, 2.05) is 40.7 Å². The van der Waals surface area contributed by atoms with Gasteiger partial charge < -0.3 is 14.4 Å². The number of nitrogens with zero attached hydrogens (tertiary/aromatic N) is 1. The summed E-state index contributed by atoms with van der Waals surface area (Å²) in [5, 5.41) is 0. The van der Waals surface area contributed by atoms with Crippen LogP contribution in [0.1, 0.15) is 60.6 Å².